The average Bonchev–Trinajstić information content (AvgIpc) is 3.29. The Morgan fingerprint density at radius 3 is 2.91 bits per heavy atom. The monoisotopic (exact) mass is 310 g/mol. The lowest BCUT2D eigenvalue weighted by Crippen LogP contribution is -2.23. The molecule has 0 spiro atoms. The van der Waals surface area contributed by atoms with E-state index in [-0.39, 0.29) is 6.04 Å². The van der Waals surface area contributed by atoms with Crippen molar-refractivity contribution in [3.05, 3.63) is 47.9 Å². The van der Waals surface area contributed by atoms with Crippen molar-refractivity contribution < 1.29 is 4.42 Å². The molecule has 3 aromatic rings. The second-order valence-electron chi connectivity index (χ2n) is 5.77. The van der Waals surface area contributed by atoms with Crippen LogP contribution >= 0.6 is 0 Å². The maximum absolute atomic E-state index is 5.81. The van der Waals surface area contributed by atoms with Crippen LogP contribution in [-0.4, -0.2) is 36.8 Å². The zero-order chi connectivity index (χ0) is 15.6. The molecule has 4 rings (SSSR count). The first-order valence-electron chi connectivity index (χ1n) is 7.80. The van der Waals surface area contributed by atoms with Crippen LogP contribution in [0.15, 0.2) is 34.7 Å². The van der Waals surface area contributed by atoms with E-state index >= 15 is 0 Å². The Balaban J connectivity index is 1.50. The molecule has 1 aliphatic heterocycles. The quantitative estimate of drug-likeness (QED) is 0.797. The SMILES string of the molecule is Cc1nc(C2CCCN2Cc2nnc(-c3ccccc3)o2)n[nH]1. The Morgan fingerprint density at radius 2 is 2.13 bits per heavy atom. The third-order valence-electron chi connectivity index (χ3n) is 4.10. The molecule has 1 N–H and O–H groups in total. The van der Waals surface area contributed by atoms with Crippen LogP contribution < -0.4 is 0 Å². The number of rotatable bonds is 4. The van der Waals surface area contributed by atoms with E-state index in [1.54, 1.807) is 0 Å². The van der Waals surface area contributed by atoms with E-state index in [1.807, 2.05) is 37.3 Å². The van der Waals surface area contributed by atoms with E-state index in [4.69, 9.17) is 4.42 Å². The van der Waals surface area contributed by atoms with Gasteiger partial charge >= 0.3 is 0 Å². The Morgan fingerprint density at radius 1 is 1.26 bits per heavy atom. The smallest absolute Gasteiger partial charge is 0.247 e. The summed E-state index contributed by atoms with van der Waals surface area (Å²) in [4.78, 5) is 6.76. The summed E-state index contributed by atoms with van der Waals surface area (Å²) < 4.78 is 5.81. The summed E-state index contributed by atoms with van der Waals surface area (Å²) in [5, 5.41) is 15.5. The Hall–Kier alpha value is -2.54. The number of aryl methyl sites for hydroxylation is 1. The number of aromatic nitrogens is 5. The molecule has 1 unspecified atom stereocenters. The molecular weight excluding hydrogens is 292 g/mol. The maximum atomic E-state index is 5.81. The number of nitrogens with zero attached hydrogens (tertiary/aromatic N) is 5. The van der Waals surface area contributed by atoms with Crippen molar-refractivity contribution in [2.24, 2.45) is 0 Å². The summed E-state index contributed by atoms with van der Waals surface area (Å²) in [6.07, 6.45) is 2.18. The van der Waals surface area contributed by atoms with Crippen LogP contribution in [0.25, 0.3) is 11.5 Å². The molecule has 0 bridgehead atoms. The predicted molar refractivity (Wildman–Crippen MR) is 83.2 cm³/mol. The van der Waals surface area contributed by atoms with Crippen LogP contribution in [0.5, 0.6) is 0 Å². The minimum absolute atomic E-state index is 0.215. The van der Waals surface area contributed by atoms with Crippen LogP contribution in [-0.2, 0) is 6.54 Å². The number of hydrogen-bond donors (Lipinski definition) is 1. The van der Waals surface area contributed by atoms with Gasteiger partial charge in [0.2, 0.25) is 11.8 Å². The van der Waals surface area contributed by atoms with Gasteiger partial charge in [0.15, 0.2) is 5.82 Å². The first kappa shape index (κ1) is 14.1. The Kier molecular flexibility index (Phi) is 3.63. The Labute approximate surface area is 133 Å². The summed E-state index contributed by atoms with van der Waals surface area (Å²) >= 11 is 0. The first-order chi connectivity index (χ1) is 11.3. The highest BCUT2D eigenvalue weighted by Crippen LogP contribution is 2.31. The fraction of sp³-hybridized carbons (Fsp3) is 0.375. The molecule has 7 nitrogen and oxygen atoms in total. The molecule has 1 fully saturated rings. The third-order valence-corrected chi connectivity index (χ3v) is 4.10. The number of hydrogen-bond acceptors (Lipinski definition) is 6. The van der Waals surface area contributed by atoms with Crippen LogP contribution in [0.1, 0.15) is 36.4 Å². The van der Waals surface area contributed by atoms with Crippen molar-refractivity contribution in [3.8, 4) is 11.5 Å². The normalized spacial score (nSPS) is 18.6. The van der Waals surface area contributed by atoms with E-state index in [2.05, 4.69) is 30.3 Å². The molecule has 1 aliphatic rings. The van der Waals surface area contributed by atoms with E-state index in [0.29, 0.717) is 18.3 Å². The van der Waals surface area contributed by atoms with Crippen molar-refractivity contribution in [2.45, 2.75) is 32.4 Å². The molecule has 0 saturated carbocycles. The molecular formula is C16H18N6O. The maximum Gasteiger partial charge on any atom is 0.247 e. The Bertz CT molecular complexity index is 781. The van der Waals surface area contributed by atoms with Gasteiger partial charge in [-0.3, -0.25) is 10.00 Å². The van der Waals surface area contributed by atoms with Gasteiger partial charge in [0.25, 0.3) is 0 Å². The number of nitrogens with one attached hydrogen (secondary N) is 1. The molecule has 118 valence electrons. The van der Waals surface area contributed by atoms with Gasteiger partial charge in [0.05, 0.1) is 12.6 Å². The number of benzene rings is 1. The predicted octanol–water partition coefficient (Wildman–Crippen LogP) is 2.50. The highest BCUT2D eigenvalue weighted by Gasteiger charge is 2.30. The van der Waals surface area contributed by atoms with Crippen LogP contribution in [0.2, 0.25) is 0 Å². The highest BCUT2D eigenvalue weighted by atomic mass is 16.4. The number of likely N-dealkylation sites (tertiary alicyclic amines) is 1. The molecule has 23 heavy (non-hydrogen) atoms. The molecule has 0 aliphatic carbocycles. The van der Waals surface area contributed by atoms with Crippen LogP contribution in [0.4, 0.5) is 0 Å². The molecule has 1 aromatic carbocycles. The molecule has 0 radical (unpaired) electrons. The lowest BCUT2D eigenvalue weighted by molar-refractivity contribution is 0.217. The van der Waals surface area contributed by atoms with Gasteiger partial charge in [0, 0.05) is 5.56 Å². The van der Waals surface area contributed by atoms with Gasteiger partial charge in [-0.05, 0) is 38.4 Å². The lowest BCUT2D eigenvalue weighted by Gasteiger charge is -2.19. The number of H-pyrrole nitrogens is 1. The number of aromatic amines is 1. The van der Waals surface area contributed by atoms with Gasteiger partial charge in [-0.2, -0.15) is 5.10 Å². The average molecular weight is 310 g/mol. The second kappa shape index (κ2) is 5.92. The van der Waals surface area contributed by atoms with Crippen molar-refractivity contribution in [2.75, 3.05) is 6.54 Å². The second-order valence-corrected chi connectivity index (χ2v) is 5.77. The zero-order valence-electron chi connectivity index (χ0n) is 12.9. The lowest BCUT2D eigenvalue weighted by atomic mass is 10.2. The standard InChI is InChI=1S/C16H18N6O/c1-11-17-15(20-18-11)13-8-5-9-22(13)10-14-19-21-16(23-14)12-6-3-2-4-7-12/h2-4,6-7,13H,5,8-10H2,1H3,(H,17,18,20). The van der Waals surface area contributed by atoms with E-state index in [1.165, 1.54) is 0 Å². The molecule has 7 heteroatoms. The van der Waals surface area contributed by atoms with Crippen molar-refractivity contribution in [1.29, 1.82) is 0 Å². The first-order valence-corrected chi connectivity index (χ1v) is 7.80. The summed E-state index contributed by atoms with van der Waals surface area (Å²) in [5.41, 5.74) is 0.939. The molecule has 2 aromatic heterocycles. The van der Waals surface area contributed by atoms with Crippen molar-refractivity contribution >= 4 is 0 Å². The zero-order valence-corrected chi connectivity index (χ0v) is 12.9. The minimum atomic E-state index is 0.215. The molecule has 3 heterocycles. The topological polar surface area (TPSA) is 83.7 Å². The van der Waals surface area contributed by atoms with Gasteiger partial charge in [-0.25, -0.2) is 4.98 Å². The summed E-state index contributed by atoms with van der Waals surface area (Å²) in [5.74, 6) is 2.88. The summed E-state index contributed by atoms with van der Waals surface area (Å²) in [6.45, 7) is 3.53. The van der Waals surface area contributed by atoms with Crippen LogP contribution in [0.3, 0.4) is 0 Å². The fourth-order valence-electron chi connectivity index (χ4n) is 3.01. The summed E-state index contributed by atoms with van der Waals surface area (Å²) in [6, 6.07) is 10.0. The van der Waals surface area contributed by atoms with Gasteiger partial charge in [0.1, 0.15) is 5.82 Å². The van der Waals surface area contributed by atoms with Crippen molar-refractivity contribution in [3.63, 3.8) is 0 Å². The van der Waals surface area contributed by atoms with E-state index in [0.717, 1.165) is 36.6 Å². The van der Waals surface area contributed by atoms with Crippen molar-refractivity contribution in [1.82, 2.24) is 30.3 Å². The third kappa shape index (κ3) is 2.87. The molecule has 1 atom stereocenters. The van der Waals surface area contributed by atoms with Gasteiger partial charge in [-0.15, -0.1) is 10.2 Å². The van der Waals surface area contributed by atoms with Gasteiger partial charge < -0.3 is 4.42 Å². The minimum Gasteiger partial charge on any atom is -0.419 e. The fourth-order valence-corrected chi connectivity index (χ4v) is 3.01. The highest BCUT2D eigenvalue weighted by molar-refractivity contribution is 5.51. The van der Waals surface area contributed by atoms with E-state index < -0.39 is 0 Å². The van der Waals surface area contributed by atoms with Crippen LogP contribution in [0, 0.1) is 6.92 Å². The molecule has 1 saturated heterocycles. The van der Waals surface area contributed by atoms with E-state index in [9.17, 15) is 0 Å². The largest absolute Gasteiger partial charge is 0.419 e. The summed E-state index contributed by atoms with van der Waals surface area (Å²) in [7, 11) is 0. The van der Waals surface area contributed by atoms with Gasteiger partial charge in [-0.1, -0.05) is 18.2 Å². The molecule has 0 amide bonds.